The number of hydrogen-bond acceptors (Lipinski definition) is 4. The number of fused-ring (bicyclic) bond motifs is 5. The molecule has 0 spiro atoms. The van der Waals surface area contributed by atoms with Gasteiger partial charge in [-0.3, -0.25) is 0 Å². The molecule has 10 aromatic rings. The van der Waals surface area contributed by atoms with E-state index < -0.39 is 0 Å². The summed E-state index contributed by atoms with van der Waals surface area (Å²) < 4.78 is 3.67. The standard InChI is InChI=1S/C47H30N4S/c1-5-16-31(17-6-1)41-38-28-29-40-42(44(38)52-43(41)32-18-7-2-8-19-32)37-26-13-14-27-39(37)51(40)36-25-15-24-35(30-36)47-49-45(33-20-9-3-10-21-33)48-46(50-47)34-22-11-4-12-23-34/h1-30H. The maximum Gasteiger partial charge on any atom is 0.164 e. The first-order valence-corrected chi connectivity index (χ1v) is 18.2. The summed E-state index contributed by atoms with van der Waals surface area (Å²) in [7, 11) is 0. The first-order chi connectivity index (χ1) is 25.8. The number of hydrogen-bond donors (Lipinski definition) is 0. The zero-order chi connectivity index (χ0) is 34.4. The molecule has 0 atom stereocenters. The van der Waals surface area contributed by atoms with Gasteiger partial charge in [-0.05, 0) is 35.4 Å². The Labute approximate surface area is 305 Å². The highest BCUT2D eigenvalue weighted by Crippen LogP contribution is 2.49. The highest BCUT2D eigenvalue weighted by molar-refractivity contribution is 7.24. The molecule has 3 heterocycles. The summed E-state index contributed by atoms with van der Waals surface area (Å²) in [5.41, 5.74) is 9.94. The molecule has 3 aromatic heterocycles. The van der Waals surface area contributed by atoms with Crippen LogP contribution in [0.25, 0.3) is 93.3 Å². The Balaban J connectivity index is 1.20. The largest absolute Gasteiger partial charge is 0.309 e. The number of rotatable bonds is 6. The van der Waals surface area contributed by atoms with Crippen LogP contribution in [0.15, 0.2) is 182 Å². The summed E-state index contributed by atoms with van der Waals surface area (Å²) in [5, 5.41) is 3.76. The number of nitrogens with zero attached hydrogens (tertiary/aromatic N) is 4. The van der Waals surface area contributed by atoms with Crippen LogP contribution in [0.1, 0.15) is 0 Å². The summed E-state index contributed by atoms with van der Waals surface area (Å²) in [4.78, 5) is 16.2. The van der Waals surface area contributed by atoms with Crippen LogP contribution in [0.4, 0.5) is 0 Å². The molecule has 0 aliphatic heterocycles. The number of benzene rings is 7. The lowest BCUT2D eigenvalue weighted by molar-refractivity contribution is 1.07. The third-order valence-corrected chi connectivity index (χ3v) is 10.9. The second kappa shape index (κ2) is 12.6. The Morgan fingerprint density at radius 3 is 1.54 bits per heavy atom. The summed E-state index contributed by atoms with van der Waals surface area (Å²) >= 11 is 1.88. The predicted octanol–water partition coefficient (Wildman–Crippen LogP) is 12.5. The molecular weight excluding hydrogens is 653 g/mol. The number of aromatic nitrogens is 4. The van der Waals surface area contributed by atoms with Crippen molar-refractivity contribution in [1.82, 2.24) is 19.5 Å². The van der Waals surface area contributed by atoms with Crippen molar-refractivity contribution >= 4 is 43.2 Å². The minimum atomic E-state index is 0.635. The Bertz CT molecular complexity index is 2820. The van der Waals surface area contributed by atoms with Crippen molar-refractivity contribution < 1.29 is 0 Å². The predicted molar refractivity (Wildman–Crippen MR) is 217 cm³/mol. The zero-order valence-corrected chi connectivity index (χ0v) is 28.8. The normalized spacial score (nSPS) is 11.5. The third kappa shape index (κ3) is 5.10. The minimum absolute atomic E-state index is 0.635. The molecule has 0 unspecified atom stereocenters. The van der Waals surface area contributed by atoms with Crippen LogP contribution in [-0.4, -0.2) is 19.5 Å². The summed E-state index contributed by atoms with van der Waals surface area (Å²) in [5.74, 6) is 1.93. The van der Waals surface area contributed by atoms with E-state index >= 15 is 0 Å². The summed E-state index contributed by atoms with van der Waals surface area (Å²) in [6.07, 6.45) is 0. The zero-order valence-electron chi connectivity index (χ0n) is 28.0. The van der Waals surface area contributed by atoms with Crippen LogP contribution >= 0.6 is 11.3 Å². The first-order valence-electron chi connectivity index (χ1n) is 17.4. The van der Waals surface area contributed by atoms with Crippen LogP contribution in [0, 0.1) is 0 Å². The van der Waals surface area contributed by atoms with Gasteiger partial charge < -0.3 is 4.57 Å². The van der Waals surface area contributed by atoms with Gasteiger partial charge in [0.25, 0.3) is 0 Å². The maximum atomic E-state index is 5.03. The lowest BCUT2D eigenvalue weighted by Gasteiger charge is -2.11. The molecule has 10 rings (SSSR count). The highest BCUT2D eigenvalue weighted by atomic mass is 32.1. The van der Waals surface area contributed by atoms with E-state index in [9.17, 15) is 0 Å². The Hall–Kier alpha value is -6.69. The van der Waals surface area contributed by atoms with Gasteiger partial charge in [-0.1, -0.05) is 158 Å². The van der Waals surface area contributed by atoms with E-state index in [4.69, 9.17) is 15.0 Å². The van der Waals surface area contributed by atoms with E-state index in [-0.39, 0.29) is 0 Å². The van der Waals surface area contributed by atoms with Gasteiger partial charge >= 0.3 is 0 Å². The second-order valence-electron chi connectivity index (χ2n) is 12.8. The van der Waals surface area contributed by atoms with Crippen molar-refractivity contribution in [1.29, 1.82) is 0 Å². The van der Waals surface area contributed by atoms with Crippen LogP contribution in [0.3, 0.4) is 0 Å². The van der Waals surface area contributed by atoms with Crippen molar-refractivity contribution in [2.75, 3.05) is 0 Å². The molecular formula is C47H30N4S. The maximum absolute atomic E-state index is 5.03. The molecule has 52 heavy (non-hydrogen) atoms. The monoisotopic (exact) mass is 682 g/mol. The van der Waals surface area contributed by atoms with E-state index in [0.29, 0.717) is 17.5 Å². The smallest absolute Gasteiger partial charge is 0.164 e. The Morgan fingerprint density at radius 1 is 0.385 bits per heavy atom. The molecule has 7 aromatic carbocycles. The quantitative estimate of drug-likeness (QED) is 0.175. The van der Waals surface area contributed by atoms with Crippen LogP contribution in [0.5, 0.6) is 0 Å². The fraction of sp³-hybridized carbons (Fsp3) is 0. The Morgan fingerprint density at radius 2 is 0.904 bits per heavy atom. The molecule has 0 amide bonds. The molecule has 0 aliphatic rings. The van der Waals surface area contributed by atoms with Crippen LogP contribution in [-0.2, 0) is 0 Å². The first kappa shape index (κ1) is 30.2. The SMILES string of the molecule is c1ccc(-c2nc(-c3ccccc3)nc(-c3cccc(-n4c5ccccc5c5c6sc(-c7ccccc7)c(-c7ccccc7)c6ccc54)c3)n2)cc1. The van der Waals surface area contributed by atoms with Crippen molar-refractivity contribution in [3.8, 4) is 61.4 Å². The van der Waals surface area contributed by atoms with E-state index in [1.165, 1.54) is 42.4 Å². The molecule has 0 radical (unpaired) electrons. The van der Waals surface area contributed by atoms with E-state index in [1.54, 1.807) is 0 Å². The molecule has 0 aliphatic carbocycles. The summed E-state index contributed by atoms with van der Waals surface area (Å²) in [6.45, 7) is 0. The van der Waals surface area contributed by atoms with Gasteiger partial charge in [0.15, 0.2) is 17.5 Å². The molecule has 0 saturated heterocycles. The number of thiophene rings is 1. The minimum Gasteiger partial charge on any atom is -0.309 e. The van der Waals surface area contributed by atoms with Gasteiger partial charge in [0.05, 0.1) is 11.0 Å². The third-order valence-electron chi connectivity index (χ3n) is 9.65. The Kier molecular flexibility index (Phi) is 7.29. The molecule has 244 valence electrons. The molecule has 0 N–H and O–H groups in total. The van der Waals surface area contributed by atoms with Crippen LogP contribution < -0.4 is 0 Å². The molecule has 4 nitrogen and oxygen atoms in total. The molecule has 0 saturated carbocycles. The van der Waals surface area contributed by atoms with Crippen molar-refractivity contribution in [3.05, 3.63) is 182 Å². The van der Waals surface area contributed by atoms with Gasteiger partial charge in [-0.25, -0.2) is 15.0 Å². The fourth-order valence-corrected chi connectivity index (χ4v) is 8.68. The van der Waals surface area contributed by atoms with Gasteiger partial charge in [-0.15, -0.1) is 11.3 Å². The van der Waals surface area contributed by atoms with E-state index in [2.05, 4.69) is 126 Å². The van der Waals surface area contributed by atoms with Gasteiger partial charge in [-0.2, -0.15) is 0 Å². The van der Waals surface area contributed by atoms with Crippen LogP contribution in [0.2, 0.25) is 0 Å². The molecule has 0 fully saturated rings. The van der Waals surface area contributed by atoms with Crippen molar-refractivity contribution in [3.63, 3.8) is 0 Å². The average Bonchev–Trinajstić information content (AvgIpc) is 3.78. The van der Waals surface area contributed by atoms with Gasteiger partial charge in [0.2, 0.25) is 0 Å². The van der Waals surface area contributed by atoms with Gasteiger partial charge in [0, 0.05) is 53.7 Å². The van der Waals surface area contributed by atoms with E-state index in [1.807, 2.05) is 72.0 Å². The van der Waals surface area contributed by atoms with Crippen molar-refractivity contribution in [2.45, 2.75) is 0 Å². The summed E-state index contributed by atoms with van der Waals surface area (Å²) in [6, 6.07) is 63.7. The topological polar surface area (TPSA) is 43.6 Å². The lowest BCUT2D eigenvalue weighted by Crippen LogP contribution is -2.01. The fourth-order valence-electron chi connectivity index (χ4n) is 7.29. The van der Waals surface area contributed by atoms with Crippen molar-refractivity contribution in [2.24, 2.45) is 0 Å². The highest BCUT2D eigenvalue weighted by Gasteiger charge is 2.22. The van der Waals surface area contributed by atoms with Gasteiger partial charge in [0.1, 0.15) is 0 Å². The average molecular weight is 683 g/mol. The second-order valence-corrected chi connectivity index (χ2v) is 13.8. The lowest BCUT2D eigenvalue weighted by atomic mass is 9.98. The molecule has 5 heteroatoms. The molecule has 0 bridgehead atoms. The number of para-hydroxylation sites is 1. The van der Waals surface area contributed by atoms with E-state index in [0.717, 1.165) is 33.4 Å².